The number of ether oxygens (including phenoxy) is 1. The molecular formula is C16H17BrO4. The topological polar surface area (TPSA) is 60.4 Å². The molecule has 0 amide bonds. The van der Waals surface area contributed by atoms with Gasteiger partial charge in [0.05, 0.1) is 5.41 Å². The SMILES string of the molecule is CC1(C)C(=O)OC(C(=O)c2ccc(Br)cc2)C(C)(C)C1=O. The zero-order valence-electron chi connectivity index (χ0n) is 12.4. The fourth-order valence-electron chi connectivity index (χ4n) is 2.57. The van der Waals surface area contributed by atoms with Gasteiger partial charge in [-0.05, 0) is 39.8 Å². The van der Waals surface area contributed by atoms with Gasteiger partial charge in [0.25, 0.3) is 0 Å². The molecule has 1 fully saturated rings. The second-order valence-corrected chi connectivity index (χ2v) is 7.25. The third-order valence-electron chi connectivity index (χ3n) is 3.91. The summed E-state index contributed by atoms with van der Waals surface area (Å²) in [6, 6.07) is 6.74. The largest absolute Gasteiger partial charge is 0.452 e. The van der Waals surface area contributed by atoms with E-state index in [0.717, 1.165) is 4.47 Å². The van der Waals surface area contributed by atoms with Gasteiger partial charge in [-0.25, -0.2) is 0 Å². The average Bonchev–Trinajstić information content (AvgIpc) is 2.42. The molecule has 1 heterocycles. The molecule has 1 atom stereocenters. The average molecular weight is 353 g/mol. The van der Waals surface area contributed by atoms with Crippen LogP contribution in [-0.4, -0.2) is 23.6 Å². The van der Waals surface area contributed by atoms with Crippen LogP contribution in [0.2, 0.25) is 0 Å². The highest BCUT2D eigenvalue weighted by Crippen LogP contribution is 2.41. The Morgan fingerprint density at radius 1 is 1.10 bits per heavy atom. The fourth-order valence-corrected chi connectivity index (χ4v) is 2.83. The molecule has 21 heavy (non-hydrogen) atoms. The van der Waals surface area contributed by atoms with Crippen LogP contribution in [-0.2, 0) is 14.3 Å². The molecule has 1 aliphatic heterocycles. The molecule has 5 heteroatoms. The third kappa shape index (κ3) is 2.55. The van der Waals surface area contributed by atoms with Gasteiger partial charge in [0.15, 0.2) is 11.9 Å². The molecule has 112 valence electrons. The predicted molar refractivity (Wildman–Crippen MR) is 80.9 cm³/mol. The molecule has 0 saturated carbocycles. The second-order valence-electron chi connectivity index (χ2n) is 6.33. The molecule has 0 aliphatic carbocycles. The van der Waals surface area contributed by atoms with Gasteiger partial charge in [0.1, 0.15) is 5.41 Å². The molecular weight excluding hydrogens is 336 g/mol. The number of benzene rings is 1. The van der Waals surface area contributed by atoms with Crippen molar-refractivity contribution in [3.05, 3.63) is 34.3 Å². The molecule has 1 saturated heterocycles. The lowest BCUT2D eigenvalue weighted by atomic mass is 9.67. The van der Waals surface area contributed by atoms with Crippen LogP contribution in [0.15, 0.2) is 28.7 Å². The Morgan fingerprint density at radius 3 is 2.14 bits per heavy atom. The molecule has 1 unspecified atom stereocenters. The van der Waals surface area contributed by atoms with E-state index in [-0.39, 0.29) is 11.6 Å². The van der Waals surface area contributed by atoms with Crippen molar-refractivity contribution in [2.45, 2.75) is 33.8 Å². The maximum atomic E-state index is 12.6. The zero-order valence-corrected chi connectivity index (χ0v) is 14.0. The van der Waals surface area contributed by atoms with Crippen LogP contribution in [0.3, 0.4) is 0 Å². The maximum absolute atomic E-state index is 12.6. The summed E-state index contributed by atoms with van der Waals surface area (Å²) in [5, 5.41) is 0. The number of cyclic esters (lactones) is 1. The van der Waals surface area contributed by atoms with Crippen molar-refractivity contribution in [1.82, 2.24) is 0 Å². The summed E-state index contributed by atoms with van der Waals surface area (Å²) in [5.74, 6) is -1.28. The standard InChI is InChI=1S/C16H17BrO4/c1-15(2)12(21-14(20)16(3,4)13(15)19)11(18)9-5-7-10(17)8-6-9/h5-8,12H,1-4H3. The summed E-state index contributed by atoms with van der Waals surface area (Å²) in [6.45, 7) is 6.34. The molecule has 1 aromatic rings. The minimum atomic E-state index is -1.22. The van der Waals surface area contributed by atoms with Crippen molar-refractivity contribution in [3.63, 3.8) is 0 Å². The monoisotopic (exact) mass is 352 g/mol. The van der Waals surface area contributed by atoms with Crippen LogP contribution in [0.5, 0.6) is 0 Å². The van der Waals surface area contributed by atoms with E-state index in [0.29, 0.717) is 5.56 Å². The minimum Gasteiger partial charge on any atom is -0.452 e. The van der Waals surface area contributed by atoms with Crippen LogP contribution < -0.4 is 0 Å². The first-order valence-electron chi connectivity index (χ1n) is 6.64. The van der Waals surface area contributed by atoms with Gasteiger partial charge in [-0.2, -0.15) is 0 Å². The van der Waals surface area contributed by atoms with Crippen LogP contribution in [0.4, 0.5) is 0 Å². The van der Waals surface area contributed by atoms with Gasteiger partial charge in [-0.3, -0.25) is 14.4 Å². The fraction of sp³-hybridized carbons (Fsp3) is 0.438. The van der Waals surface area contributed by atoms with Gasteiger partial charge >= 0.3 is 5.97 Å². The molecule has 2 rings (SSSR count). The van der Waals surface area contributed by atoms with Gasteiger partial charge in [-0.15, -0.1) is 0 Å². The summed E-state index contributed by atoms with van der Waals surface area (Å²) >= 11 is 3.30. The van der Waals surface area contributed by atoms with E-state index in [1.54, 1.807) is 38.1 Å². The number of carbonyl (C=O) groups is 3. The molecule has 0 bridgehead atoms. The Bertz CT molecular complexity index is 614. The lowest BCUT2D eigenvalue weighted by molar-refractivity contribution is -0.181. The Balaban J connectivity index is 2.39. The summed E-state index contributed by atoms with van der Waals surface area (Å²) in [5.41, 5.74) is -1.86. The first kappa shape index (κ1) is 15.9. The van der Waals surface area contributed by atoms with Gasteiger partial charge in [-0.1, -0.05) is 28.1 Å². The van der Waals surface area contributed by atoms with E-state index >= 15 is 0 Å². The van der Waals surface area contributed by atoms with Crippen LogP contribution in [0.1, 0.15) is 38.1 Å². The Labute approximate surface area is 132 Å². The Kier molecular flexibility index (Phi) is 3.82. The molecule has 1 aromatic carbocycles. The minimum absolute atomic E-state index is 0.276. The lowest BCUT2D eigenvalue weighted by Gasteiger charge is -2.42. The molecule has 0 radical (unpaired) electrons. The van der Waals surface area contributed by atoms with Crippen molar-refractivity contribution >= 4 is 33.5 Å². The molecule has 0 spiro atoms. The Morgan fingerprint density at radius 2 is 1.62 bits per heavy atom. The van der Waals surface area contributed by atoms with Gasteiger partial charge < -0.3 is 4.74 Å². The second kappa shape index (κ2) is 5.05. The van der Waals surface area contributed by atoms with E-state index in [1.165, 1.54) is 13.8 Å². The molecule has 0 aromatic heterocycles. The number of hydrogen-bond acceptors (Lipinski definition) is 4. The van der Waals surface area contributed by atoms with E-state index in [4.69, 9.17) is 4.74 Å². The highest BCUT2D eigenvalue weighted by Gasteiger charge is 2.57. The highest BCUT2D eigenvalue weighted by molar-refractivity contribution is 9.10. The van der Waals surface area contributed by atoms with Gasteiger partial charge in [0.2, 0.25) is 5.78 Å². The van der Waals surface area contributed by atoms with Crippen LogP contribution >= 0.6 is 15.9 Å². The summed E-state index contributed by atoms with van der Waals surface area (Å²) in [6.07, 6.45) is -1.09. The van der Waals surface area contributed by atoms with Crippen molar-refractivity contribution in [2.75, 3.05) is 0 Å². The number of rotatable bonds is 2. The molecule has 0 N–H and O–H groups in total. The summed E-state index contributed by atoms with van der Waals surface area (Å²) in [7, 11) is 0. The van der Waals surface area contributed by atoms with E-state index in [1.807, 2.05) is 0 Å². The lowest BCUT2D eigenvalue weighted by Crippen LogP contribution is -2.58. The number of hydrogen-bond donors (Lipinski definition) is 0. The van der Waals surface area contributed by atoms with Crippen molar-refractivity contribution in [1.29, 1.82) is 0 Å². The summed E-state index contributed by atoms with van der Waals surface area (Å²) in [4.78, 5) is 37.1. The zero-order chi connectivity index (χ0) is 16.0. The van der Waals surface area contributed by atoms with Crippen LogP contribution in [0.25, 0.3) is 0 Å². The van der Waals surface area contributed by atoms with Crippen molar-refractivity contribution < 1.29 is 19.1 Å². The van der Waals surface area contributed by atoms with Crippen LogP contribution in [0, 0.1) is 10.8 Å². The maximum Gasteiger partial charge on any atom is 0.319 e. The smallest absolute Gasteiger partial charge is 0.319 e. The Hall–Kier alpha value is -1.49. The van der Waals surface area contributed by atoms with E-state index in [9.17, 15) is 14.4 Å². The number of Topliss-reactive ketones (excluding diaryl/α,β-unsaturated/α-hetero) is 2. The molecule has 1 aliphatic rings. The van der Waals surface area contributed by atoms with E-state index < -0.39 is 22.9 Å². The third-order valence-corrected chi connectivity index (χ3v) is 4.44. The molecule has 4 nitrogen and oxygen atoms in total. The first-order chi connectivity index (χ1) is 9.58. The van der Waals surface area contributed by atoms with E-state index in [2.05, 4.69) is 15.9 Å². The number of carbonyl (C=O) groups excluding carboxylic acids is 3. The number of esters is 1. The normalized spacial score (nSPS) is 23.6. The number of ketones is 2. The highest BCUT2D eigenvalue weighted by atomic mass is 79.9. The quantitative estimate of drug-likeness (QED) is 0.466. The van der Waals surface area contributed by atoms with Gasteiger partial charge in [0, 0.05) is 10.0 Å². The van der Waals surface area contributed by atoms with Crippen molar-refractivity contribution in [3.8, 4) is 0 Å². The first-order valence-corrected chi connectivity index (χ1v) is 7.43. The van der Waals surface area contributed by atoms with Crippen molar-refractivity contribution in [2.24, 2.45) is 10.8 Å². The predicted octanol–water partition coefficient (Wildman–Crippen LogP) is 3.18. The number of halogens is 1. The summed E-state index contributed by atoms with van der Waals surface area (Å²) < 4.78 is 6.16.